The van der Waals surface area contributed by atoms with Gasteiger partial charge >= 0.3 is 5.97 Å². The standard InChI is InChI=1S/C12H15N3O3S/c1-2-4-15(8-11(17)18)7-10(16)14-12-9(6-13)3-5-19-12/h3,5H,2,4,7-8H2,1H3,(H,14,16)(H,17,18). The molecule has 0 atom stereocenters. The lowest BCUT2D eigenvalue weighted by molar-refractivity contribution is -0.138. The molecule has 0 bridgehead atoms. The van der Waals surface area contributed by atoms with Crippen LogP contribution in [0.5, 0.6) is 0 Å². The van der Waals surface area contributed by atoms with Crippen LogP contribution in [0.3, 0.4) is 0 Å². The first-order valence-electron chi connectivity index (χ1n) is 5.78. The second-order valence-corrected chi connectivity index (χ2v) is 4.84. The van der Waals surface area contributed by atoms with Crippen molar-refractivity contribution in [3.8, 4) is 6.07 Å². The Hall–Kier alpha value is -1.91. The highest BCUT2D eigenvalue weighted by Gasteiger charge is 2.14. The predicted octanol–water partition coefficient (Wildman–Crippen LogP) is 1.35. The van der Waals surface area contributed by atoms with Crippen molar-refractivity contribution in [2.75, 3.05) is 25.0 Å². The molecule has 102 valence electrons. The summed E-state index contributed by atoms with van der Waals surface area (Å²) >= 11 is 1.27. The minimum Gasteiger partial charge on any atom is -0.480 e. The number of carboxylic acid groups (broad SMARTS) is 1. The number of thiophene rings is 1. The van der Waals surface area contributed by atoms with E-state index in [-0.39, 0.29) is 19.0 Å². The lowest BCUT2D eigenvalue weighted by atomic mass is 10.3. The summed E-state index contributed by atoms with van der Waals surface area (Å²) in [6, 6.07) is 3.61. The van der Waals surface area contributed by atoms with Crippen LogP contribution in [0.1, 0.15) is 18.9 Å². The lowest BCUT2D eigenvalue weighted by Crippen LogP contribution is -2.37. The Labute approximate surface area is 115 Å². The highest BCUT2D eigenvalue weighted by Crippen LogP contribution is 2.21. The minimum absolute atomic E-state index is 0.00289. The second kappa shape index (κ2) is 7.51. The van der Waals surface area contributed by atoms with Gasteiger partial charge in [-0.05, 0) is 24.4 Å². The molecule has 2 N–H and O–H groups in total. The molecule has 19 heavy (non-hydrogen) atoms. The van der Waals surface area contributed by atoms with Crippen LogP contribution >= 0.6 is 11.3 Å². The molecule has 7 heteroatoms. The van der Waals surface area contributed by atoms with Gasteiger partial charge in [0.1, 0.15) is 11.1 Å². The summed E-state index contributed by atoms with van der Waals surface area (Å²) in [4.78, 5) is 24.0. The molecule has 6 nitrogen and oxygen atoms in total. The van der Waals surface area contributed by atoms with E-state index in [0.29, 0.717) is 17.1 Å². The quantitative estimate of drug-likeness (QED) is 0.787. The zero-order valence-electron chi connectivity index (χ0n) is 10.5. The SMILES string of the molecule is CCCN(CC(=O)O)CC(=O)Nc1sccc1C#N. The summed E-state index contributed by atoms with van der Waals surface area (Å²) in [5.74, 6) is -1.27. The van der Waals surface area contributed by atoms with Crippen molar-refractivity contribution in [3.05, 3.63) is 17.0 Å². The molecule has 0 aliphatic carbocycles. The molecule has 0 saturated heterocycles. The van der Waals surface area contributed by atoms with Gasteiger partial charge in [-0.15, -0.1) is 11.3 Å². The third-order valence-corrected chi connectivity index (χ3v) is 3.13. The molecule has 0 aliphatic heterocycles. The van der Waals surface area contributed by atoms with Crippen molar-refractivity contribution in [1.29, 1.82) is 5.26 Å². The zero-order valence-corrected chi connectivity index (χ0v) is 11.4. The van der Waals surface area contributed by atoms with E-state index in [0.717, 1.165) is 6.42 Å². The monoisotopic (exact) mass is 281 g/mol. The average Bonchev–Trinajstić information content (AvgIpc) is 2.75. The first-order valence-corrected chi connectivity index (χ1v) is 6.66. The summed E-state index contributed by atoms with van der Waals surface area (Å²) in [5, 5.41) is 22.4. The second-order valence-electron chi connectivity index (χ2n) is 3.93. The van der Waals surface area contributed by atoms with Gasteiger partial charge < -0.3 is 10.4 Å². The number of rotatable bonds is 7. The molecule has 0 aromatic carbocycles. The number of carbonyl (C=O) groups excluding carboxylic acids is 1. The highest BCUT2D eigenvalue weighted by molar-refractivity contribution is 7.14. The van der Waals surface area contributed by atoms with Crippen LogP contribution < -0.4 is 5.32 Å². The topological polar surface area (TPSA) is 93.4 Å². The maximum absolute atomic E-state index is 11.8. The minimum atomic E-state index is -0.963. The van der Waals surface area contributed by atoms with Gasteiger partial charge in [-0.3, -0.25) is 14.5 Å². The summed E-state index contributed by atoms with van der Waals surface area (Å²) in [6.45, 7) is 2.29. The van der Waals surface area contributed by atoms with Gasteiger partial charge in [0.25, 0.3) is 0 Å². The molecule has 1 aromatic rings. The Bertz CT molecular complexity index is 493. The smallest absolute Gasteiger partial charge is 0.317 e. The van der Waals surface area contributed by atoms with Crippen molar-refractivity contribution in [3.63, 3.8) is 0 Å². The molecule has 1 amide bonds. The van der Waals surface area contributed by atoms with Gasteiger partial charge in [-0.25, -0.2) is 0 Å². The molecule has 0 spiro atoms. The van der Waals surface area contributed by atoms with Crippen molar-refractivity contribution >= 4 is 28.2 Å². The maximum Gasteiger partial charge on any atom is 0.317 e. The molecular weight excluding hydrogens is 266 g/mol. The molecule has 0 fully saturated rings. The molecule has 0 aliphatic rings. The van der Waals surface area contributed by atoms with E-state index in [1.807, 2.05) is 13.0 Å². The van der Waals surface area contributed by atoms with Gasteiger partial charge in [0.05, 0.1) is 18.7 Å². The van der Waals surface area contributed by atoms with E-state index in [2.05, 4.69) is 5.32 Å². The van der Waals surface area contributed by atoms with Crippen LogP contribution in [0.2, 0.25) is 0 Å². The molecule has 1 heterocycles. The normalized spacial score (nSPS) is 10.2. The maximum atomic E-state index is 11.8. The van der Waals surface area contributed by atoms with Gasteiger partial charge in [-0.1, -0.05) is 6.92 Å². The summed E-state index contributed by atoms with van der Waals surface area (Å²) in [7, 11) is 0. The number of hydrogen-bond donors (Lipinski definition) is 2. The molecule has 1 rings (SSSR count). The molecule has 0 unspecified atom stereocenters. The Morgan fingerprint density at radius 3 is 2.84 bits per heavy atom. The van der Waals surface area contributed by atoms with Crippen molar-refractivity contribution in [2.45, 2.75) is 13.3 Å². The number of amides is 1. The molecular formula is C12H15N3O3S. The fourth-order valence-corrected chi connectivity index (χ4v) is 2.34. The molecule has 0 radical (unpaired) electrons. The third kappa shape index (κ3) is 5.07. The Balaban J connectivity index is 2.57. The van der Waals surface area contributed by atoms with E-state index >= 15 is 0 Å². The summed E-state index contributed by atoms with van der Waals surface area (Å²) < 4.78 is 0. The predicted molar refractivity (Wildman–Crippen MR) is 72.0 cm³/mol. The van der Waals surface area contributed by atoms with Crippen LogP contribution in [-0.2, 0) is 9.59 Å². The van der Waals surface area contributed by atoms with Gasteiger partial charge in [0.2, 0.25) is 5.91 Å². The summed E-state index contributed by atoms with van der Waals surface area (Å²) in [5.41, 5.74) is 0.415. The van der Waals surface area contributed by atoms with Crippen molar-refractivity contribution < 1.29 is 14.7 Å². The highest BCUT2D eigenvalue weighted by atomic mass is 32.1. The van der Waals surface area contributed by atoms with Gasteiger partial charge in [-0.2, -0.15) is 5.26 Å². The van der Waals surface area contributed by atoms with E-state index in [1.165, 1.54) is 11.3 Å². The number of nitrogens with zero attached hydrogens (tertiary/aromatic N) is 2. The summed E-state index contributed by atoms with van der Waals surface area (Å²) in [6.07, 6.45) is 0.767. The number of aliphatic carboxylic acids is 1. The number of hydrogen-bond acceptors (Lipinski definition) is 5. The zero-order chi connectivity index (χ0) is 14.3. The van der Waals surface area contributed by atoms with E-state index in [9.17, 15) is 9.59 Å². The Morgan fingerprint density at radius 2 is 2.26 bits per heavy atom. The fraction of sp³-hybridized carbons (Fsp3) is 0.417. The average molecular weight is 281 g/mol. The Morgan fingerprint density at radius 1 is 1.53 bits per heavy atom. The molecule has 1 aromatic heterocycles. The largest absolute Gasteiger partial charge is 0.480 e. The lowest BCUT2D eigenvalue weighted by Gasteiger charge is -2.18. The van der Waals surface area contributed by atoms with Gasteiger partial charge in [0, 0.05) is 0 Å². The Kier molecular flexibility index (Phi) is 5.99. The van der Waals surface area contributed by atoms with E-state index < -0.39 is 5.97 Å². The number of nitriles is 1. The number of carbonyl (C=O) groups is 2. The van der Waals surface area contributed by atoms with E-state index in [4.69, 9.17) is 10.4 Å². The first-order chi connectivity index (χ1) is 9.06. The van der Waals surface area contributed by atoms with Crippen LogP contribution in [0.25, 0.3) is 0 Å². The first kappa shape index (κ1) is 15.1. The van der Waals surface area contributed by atoms with Crippen molar-refractivity contribution in [2.24, 2.45) is 0 Å². The fourth-order valence-electron chi connectivity index (χ4n) is 1.58. The number of anilines is 1. The van der Waals surface area contributed by atoms with E-state index in [1.54, 1.807) is 16.3 Å². The van der Waals surface area contributed by atoms with Crippen LogP contribution in [0, 0.1) is 11.3 Å². The molecule has 0 saturated carbocycles. The van der Waals surface area contributed by atoms with Crippen LogP contribution in [-0.4, -0.2) is 41.5 Å². The van der Waals surface area contributed by atoms with Crippen LogP contribution in [0.4, 0.5) is 5.00 Å². The number of nitrogens with one attached hydrogen (secondary N) is 1. The van der Waals surface area contributed by atoms with Crippen LogP contribution in [0.15, 0.2) is 11.4 Å². The number of carboxylic acids is 1. The van der Waals surface area contributed by atoms with Crippen molar-refractivity contribution in [1.82, 2.24) is 4.90 Å². The third-order valence-electron chi connectivity index (χ3n) is 2.30. The van der Waals surface area contributed by atoms with Gasteiger partial charge in [0.15, 0.2) is 0 Å².